The van der Waals surface area contributed by atoms with Crippen LogP contribution in [0.25, 0.3) is 22.2 Å². The van der Waals surface area contributed by atoms with Crippen LogP contribution in [-0.4, -0.2) is 19.7 Å². The fourth-order valence-electron chi connectivity index (χ4n) is 2.77. The highest BCUT2D eigenvalue weighted by Gasteiger charge is 2.15. The van der Waals surface area contributed by atoms with Crippen LogP contribution in [0, 0.1) is 12.7 Å². The molecule has 0 amide bonds. The molecule has 5 nitrogen and oxygen atoms in total. The molecule has 1 aromatic carbocycles. The van der Waals surface area contributed by atoms with E-state index in [0.29, 0.717) is 40.3 Å². The monoisotopic (exact) mass is 358 g/mol. The van der Waals surface area contributed by atoms with E-state index in [1.54, 1.807) is 36.3 Å². The van der Waals surface area contributed by atoms with Crippen LogP contribution in [0.1, 0.15) is 23.6 Å². The molecule has 4 rings (SSSR count). The summed E-state index contributed by atoms with van der Waals surface area (Å²) in [6, 6.07) is 5.41. The number of hydrogen-bond acceptors (Lipinski definition) is 4. The minimum Gasteiger partial charge on any atom is -0.449 e. The smallest absolute Gasteiger partial charge is 0.266 e. The predicted molar refractivity (Wildman–Crippen MR) is 88.2 cm³/mol. The number of fused-ring (bicyclic) bond motifs is 1. The lowest BCUT2D eigenvalue weighted by Crippen LogP contribution is -2.02. The van der Waals surface area contributed by atoms with Gasteiger partial charge in [-0.1, -0.05) is 6.07 Å². The number of benzene rings is 1. The molecule has 0 spiro atoms. The summed E-state index contributed by atoms with van der Waals surface area (Å²) >= 11 is 0. The third-order valence-corrected chi connectivity index (χ3v) is 4.04. The highest BCUT2D eigenvalue weighted by atomic mass is 19.3. The number of rotatable bonds is 4. The van der Waals surface area contributed by atoms with E-state index in [4.69, 9.17) is 4.42 Å². The number of hydrogen-bond donors (Lipinski definition) is 0. The largest absolute Gasteiger partial charge is 0.449 e. The number of halogens is 3. The van der Waals surface area contributed by atoms with Crippen LogP contribution in [0.3, 0.4) is 0 Å². The minimum absolute atomic E-state index is 0.387. The Balaban J connectivity index is 1.75. The van der Waals surface area contributed by atoms with Crippen molar-refractivity contribution in [3.8, 4) is 11.1 Å². The minimum atomic E-state index is -2.88. The zero-order chi connectivity index (χ0) is 18.3. The fraction of sp³-hybridized carbons (Fsp3) is 0.167. The van der Waals surface area contributed by atoms with Gasteiger partial charge in [-0.05, 0) is 23.8 Å². The van der Waals surface area contributed by atoms with E-state index < -0.39 is 17.8 Å². The van der Waals surface area contributed by atoms with Crippen LogP contribution in [0.5, 0.6) is 0 Å². The zero-order valence-corrected chi connectivity index (χ0v) is 13.7. The first-order chi connectivity index (χ1) is 12.5. The molecular formula is C18H13F3N4O. The lowest BCUT2D eigenvalue weighted by Gasteiger charge is -2.07. The van der Waals surface area contributed by atoms with E-state index >= 15 is 0 Å². The first kappa shape index (κ1) is 16.3. The SMILES string of the molecule is Cc1nc(Cn2ncc3ncc(-c4ccc(F)c(C(F)F)c4)cc32)co1. The van der Waals surface area contributed by atoms with Crippen molar-refractivity contribution in [1.82, 2.24) is 19.7 Å². The predicted octanol–water partition coefficient (Wildman–Crippen LogP) is 4.52. The maximum absolute atomic E-state index is 13.5. The van der Waals surface area contributed by atoms with E-state index in [2.05, 4.69) is 15.1 Å². The summed E-state index contributed by atoms with van der Waals surface area (Å²) in [6.45, 7) is 2.14. The van der Waals surface area contributed by atoms with Crippen LogP contribution < -0.4 is 0 Å². The Hall–Kier alpha value is -3.16. The van der Waals surface area contributed by atoms with Gasteiger partial charge < -0.3 is 4.42 Å². The molecule has 0 aliphatic heterocycles. The van der Waals surface area contributed by atoms with E-state index in [0.717, 1.165) is 12.1 Å². The molecule has 4 aromatic rings. The van der Waals surface area contributed by atoms with Gasteiger partial charge in [0.05, 0.1) is 23.8 Å². The molecule has 0 saturated heterocycles. The molecule has 26 heavy (non-hydrogen) atoms. The summed E-state index contributed by atoms with van der Waals surface area (Å²) in [5.41, 5.74) is 2.50. The number of nitrogens with zero attached hydrogens (tertiary/aromatic N) is 4. The second-order valence-corrected chi connectivity index (χ2v) is 5.83. The lowest BCUT2D eigenvalue weighted by molar-refractivity contribution is 0.146. The van der Waals surface area contributed by atoms with E-state index in [9.17, 15) is 13.2 Å². The first-order valence-corrected chi connectivity index (χ1v) is 7.82. The Bertz CT molecular complexity index is 1090. The molecular weight excluding hydrogens is 345 g/mol. The molecule has 3 heterocycles. The molecule has 0 aliphatic carbocycles. The quantitative estimate of drug-likeness (QED) is 0.538. The molecule has 0 saturated carbocycles. The number of aromatic nitrogens is 4. The van der Waals surface area contributed by atoms with Crippen LogP contribution >= 0.6 is 0 Å². The van der Waals surface area contributed by atoms with Crippen molar-refractivity contribution in [2.24, 2.45) is 0 Å². The molecule has 0 fully saturated rings. The molecule has 0 atom stereocenters. The Morgan fingerprint density at radius 1 is 1.15 bits per heavy atom. The summed E-state index contributed by atoms with van der Waals surface area (Å²) in [7, 11) is 0. The second kappa shape index (κ2) is 6.29. The van der Waals surface area contributed by atoms with Gasteiger partial charge in [0.25, 0.3) is 6.43 Å². The second-order valence-electron chi connectivity index (χ2n) is 5.83. The van der Waals surface area contributed by atoms with Gasteiger partial charge in [0.1, 0.15) is 23.3 Å². The van der Waals surface area contributed by atoms with Crippen molar-refractivity contribution in [2.75, 3.05) is 0 Å². The van der Waals surface area contributed by atoms with Gasteiger partial charge in [-0.2, -0.15) is 5.10 Å². The Labute approximate surface area is 146 Å². The van der Waals surface area contributed by atoms with Gasteiger partial charge in [0.15, 0.2) is 5.89 Å². The van der Waals surface area contributed by atoms with Gasteiger partial charge in [-0.15, -0.1) is 0 Å². The zero-order valence-electron chi connectivity index (χ0n) is 13.7. The van der Waals surface area contributed by atoms with Crippen molar-refractivity contribution in [1.29, 1.82) is 0 Å². The van der Waals surface area contributed by atoms with Crippen molar-refractivity contribution >= 4 is 11.0 Å². The van der Waals surface area contributed by atoms with E-state index in [1.165, 1.54) is 6.07 Å². The normalized spacial score (nSPS) is 11.6. The standard InChI is InChI=1S/C18H13F3N4O/c1-10-24-13(9-26-10)8-25-17-5-12(6-22-16(17)7-23-25)11-2-3-15(19)14(4-11)18(20)21/h2-7,9,18H,8H2,1H3. The van der Waals surface area contributed by atoms with Crippen LogP contribution in [-0.2, 0) is 6.54 Å². The number of alkyl halides is 2. The molecule has 0 bridgehead atoms. The summed E-state index contributed by atoms with van der Waals surface area (Å²) in [5.74, 6) is -0.370. The molecule has 0 N–H and O–H groups in total. The van der Waals surface area contributed by atoms with Gasteiger partial charge >= 0.3 is 0 Å². The third kappa shape index (κ3) is 2.94. The van der Waals surface area contributed by atoms with E-state index in [-0.39, 0.29) is 0 Å². The average Bonchev–Trinajstić information content (AvgIpc) is 3.21. The van der Waals surface area contributed by atoms with E-state index in [1.807, 2.05) is 0 Å². The maximum Gasteiger partial charge on any atom is 0.266 e. The summed E-state index contributed by atoms with van der Waals surface area (Å²) in [5, 5.41) is 4.29. The topological polar surface area (TPSA) is 56.7 Å². The molecule has 3 aromatic heterocycles. The summed E-state index contributed by atoms with van der Waals surface area (Å²) < 4.78 is 46.3. The van der Waals surface area contributed by atoms with Gasteiger partial charge in [-0.3, -0.25) is 9.67 Å². The molecule has 8 heteroatoms. The van der Waals surface area contributed by atoms with Crippen molar-refractivity contribution in [3.05, 3.63) is 65.9 Å². The lowest BCUT2D eigenvalue weighted by atomic mass is 10.0. The van der Waals surface area contributed by atoms with Crippen molar-refractivity contribution < 1.29 is 17.6 Å². The Morgan fingerprint density at radius 2 is 2.00 bits per heavy atom. The van der Waals surface area contributed by atoms with Crippen molar-refractivity contribution in [2.45, 2.75) is 19.9 Å². The van der Waals surface area contributed by atoms with Crippen LogP contribution in [0.2, 0.25) is 0 Å². The average molecular weight is 358 g/mol. The fourth-order valence-corrected chi connectivity index (χ4v) is 2.77. The number of pyridine rings is 1. The molecule has 0 aliphatic rings. The third-order valence-electron chi connectivity index (χ3n) is 4.04. The van der Waals surface area contributed by atoms with Crippen LogP contribution in [0.4, 0.5) is 13.2 Å². The molecule has 132 valence electrons. The number of oxazole rings is 1. The van der Waals surface area contributed by atoms with Gasteiger partial charge in [0.2, 0.25) is 0 Å². The van der Waals surface area contributed by atoms with Gasteiger partial charge in [-0.25, -0.2) is 18.2 Å². The Kier molecular flexibility index (Phi) is 3.95. The molecule has 0 radical (unpaired) electrons. The highest BCUT2D eigenvalue weighted by Crippen LogP contribution is 2.29. The first-order valence-electron chi connectivity index (χ1n) is 7.82. The van der Waals surface area contributed by atoms with Crippen molar-refractivity contribution in [3.63, 3.8) is 0 Å². The summed E-state index contributed by atoms with van der Waals surface area (Å²) in [6.07, 6.45) is 1.83. The van der Waals surface area contributed by atoms with Gasteiger partial charge in [0, 0.05) is 18.7 Å². The number of aryl methyl sites for hydroxylation is 1. The highest BCUT2D eigenvalue weighted by molar-refractivity contribution is 5.80. The van der Waals surface area contributed by atoms with Crippen LogP contribution in [0.15, 0.2) is 47.3 Å². The maximum atomic E-state index is 13.5. The summed E-state index contributed by atoms with van der Waals surface area (Å²) in [4.78, 5) is 8.55. The Morgan fingerprint density at radius 3 is 2.73 bits per heavy atom. The molecule has 0 unspecified atom stereocenters.